The van der Waals surface area contributed by atoms with Crippen molar-refractivity contribution < 1.29 is 18.7 Å². The Balaban J connectivity index is 2.26. The Morgan fingerprint density at radius 3 is 2.64 bits per heavy atom. The normalized spacial score (nSPS) is 18.0. The number of aryl methyl sites for hydroxylation is 1. The van der Waals surface area contributed by atoms with Crippen LogP contribution in [0.1, 0.15) is 54.6 Å². The molecule has 2 atom stereocenters. The standard InChI is InChI=1S/C17H22FNO3/c1-9(2)15(17(21)22-4)19-16(20)13-8-12-10(3)5-6-11(12)7-14(13)18/h7-10,15H,5-6H2,1-4H3,(H,19,20)/t10?,15-/m1/s1. The van der Waals surface area contributed by atoms with E-state index in [1.54, 1.807) is 19.9 Å². The maximum atomic E-state index is 14.2. The van der Waals surface area contributed by atoms with Gasteiger partial charge in [-0.1, -0.05) is 20.8 Å². The third-order valence-corrected chi connectivity index (χ3v) is 4.26. The van der Waals surface area contributed by atoms with Gasteiger partial charge >= 0.3 is 5.97 Å². The van der Waals surface area contributed by atoms with Gasteiger partial charge in [-0.25, -0.2) is 9.18 Å². The minimum atomic E-state index is -0.789. The summed E-state index contributed by atoms with van der Waals surface area (Å²) in [4.78, 5) is 24.1. The number of nitrogens with one attached hydrogen (secondary N) is 1. The van der Waals surface area contributed by atoms with Crippen molar-refractivity contribution in [3.8, 4) is 0 Å². The van der Waals surface area contributed by atoms with Crippen molar-refractivity contribution in [2.24, 2.45) is 5.92 Å². The number of carbonyl (C=O) groups is 2. The summed E-state index contributed by atoms with van der Waals surface area (Å²) in [6.45, 7) is 5.66. The summed E-state index contributed by atoms with van der Waals surface area (Å²) in [5.41, 5.74) is 1.97. The van der Waals surface area contributed by atoms with Crippen LogP contribution in [0.3, 0.4) is 0 Å². The lowest BCUT2D eigenvalue weighted by Crippen LogP contribution is -2.45. The molecule has 4 nitrogen and oxygen atoms in total. The van der Waals surface area contributed by atoms with Gasteiger partial charge in [0, 0.05) is 0 Å². The lowest BCUT2D eigenvalue weighted by molar-refractivity contribution is -0.144. The molecular formula is C17H22FNO3. The van der Waals surface area contributed by atoms with Crippen LogP contribution in [-0.2, 0) is 16.0 Å². The van der Waals surface area contributed by atoms with E-state index in [1.165, 1.54) is 13.2 Å². The molecule has 0 saturated heterocycles. The molecule has 0 heterocycles. The van der Waals surface area contributed by atoms with Gasteiger partial charge in [0.25, 0.3) is 5.91 Å². The zero-order valence-electron chi connectivity index (χ0n) is 13.4. The van der Waals surface area contributed by atoms with Gasteiger partial charge in [-0.2, -0.15) is 0 Å². The number of carbonyl (C=O) groups excluding carboxylic acids is 2. The first-order valence-corrected chi connectivity index (χ1v) is 7.56. The van der Waals surface area contributed by atoms with Crippen molar-refractivity contribution in [3.63, 3.8) is 0 Å². The van der Waals surface area contributed by atoms with Gasteiger partial charge in [-0.05, 0) is 47.9 Å². The first-order valence-electron chi connectivity index (χ1n) is 7.56. The first-order chi connectivity index (χ1) is 10.3. The molecule has 0 saturated carbocycles. The molecule has 0 spiro atoms. The minimum Gasteiger partial charge on any atom is -0.467 e. The SMILES string of the molecule is COC(=O)[C@H](NC(=O)c1cc2c(cc1F)CCC2C)C(C)C. The molecule has 120 valence electrons. The van der Waals surface area contributed by atoms with Crippen molar-refractivity contribution in [3.05, 3.63) is 34.6 Å². The Labute approximate surface area is 130 Å². The highest BCUT2D eigenvalue weighted by Gasteiger charge is 2.28. The van der Waals surface area contributed by atoms with Gasteiger partial charge in [0.15, 0.2) is 0 Å². The van der Waals surface area contributed by atoms with E-state index in [1.807, 2.05) is 0 Å². The average Bonchev–Trinajstić information content (AvgIpc) is 2.83. The van der Waals surface area contributed by atoms with E-state index in [-0.39, 0.29) is 11.5 Å². The summed E-state index contributed by atoms with van der Waals surface area (Å²) in [5.74, 6) is -1.48. The van der Waals surface area contributed by atoms with Crippen LogP contribution in [0.5, 0.6) is 0 Å². The molecule has 1 aromatic rings. The molecule has 0 fully saturated rings. The van der Waals surface area contributed by atoms with E-state index in [2.05, 4.69) is 17.0 Å². The zero-order valence-corrected chi connectivity index (χ0v) is 13.4. The van der Waals surface area contributed by atoms with E-state index in [9.17, 15) is 14.0 Å². The van der Waals surface area contributed by atoms with E-state index < -0.39 is 23.7 Å². The molecule has 1 unspecified atom stereocenters. The fourth-order valence-electron chi connectivity index (χ4n) is 2.85. The number of halogens is 1. The largest absolute Gasteiger partial charge is 0.467 e. The monoisotopic (exact) mass is 307 g/mol. The number of methoxy groups -OCH3 is 1. The molecule has 0 aromatic heterocycles. The number of hydrogen-bond donors (Lipinski definition) is 1. The molecule has 1 aromatic carbocycles. The van der Waals surface area contributed by atoms with Crippen molar-refractivity contribution in [2.75, 3.05) is 7.11 Å². The van der Waals surface area contributed by atoms with Crippen LogP contribution in [0.4, 0.5) is 4.39 Å². The minimum absolute atomic E-state index is 0.0120. The van der Waals surface area contributed by atoms with Gasteiger partial charge < -0.3 is 10.1 Å². The fraction of sp³-hybridized carbons (Fsp3) is 0.529. The molecule has 22 heavy (non-hydrogen) atoms. The number of benzene rings is 1. The van der Waals surface area contributed by atoms with Crippen LogP contribution in [0.2, 0.25) is 0 Å². The highest BCUT2D eigenvalue weighted by atomic mass is 19.1. The van der Waals surface area contributed by atoms with Crippen LogP contribution in [0, 0.1) is 11.7 Å². The Kier molecular flexibility index (Phi) is 4.84. The second-order valence-electron chi connectivity index (χ2n) is 6.19. The maximum Gasteiger partial charge on any atom is 0.328 e. The Morgan fingerprint density at radius 2 is 2.05 bits per heavy atom. The van der Waals surface area contributed by atoms with Crippen LogP contribution >= 0.6 is 0 Å². The predicted molar refractivity (Wildman–Crippen MR) is 81.2 cm³/mol. The summed E-state index contributed by atoms with van der Waals surface area (Å²) in [6, 6.07) is 2.27. The van der Waals surface area contributed by atoms with Crippen LogP contribution in [0.15, 0.2) is 12.1 Å². The molecule has 1 amide bonds. The summed E-state index contributed by atoms with van der Waals surface area (Å²) < 4.78 is 18.9. The summed E-state index contributed by atoms with van der Waals surface area (Å²) in [7, 11) is 1.27. The topological polar surface area (TPSA) is 55.4 Å². The van der Waals surface area contributed by atoms with Crippen molar-refractivity contribution in [1.29, 1.82) is 0 Å². The highest BCUT2D eigenvalue weighted by Crippen LogP contribution is 2.34. The number of hydrogen-bond acceptors (Lipinski definition) is 3. The molecule has 1 aliphatic rings. The summed E-state index contributed by atoms with van der Waals surface area (Å²) in [5, 5.41) is 2.58. The van der Waals surface area contributed by atoms with Gasteiger partial charge in [0.2, 0.25) is 0 Å². The highest BCUT2D eigenvalue weighted by molar-refractivity contribution is 5.97. The summed E-state index contributed by atoms with van der Waals surface area (Å²) in [6.07, 6.45) is 1.81. The molecule has 1 aliphatic carbocycles. The van der Waals surface area contributed by atoms with Crippen LogP contribution in [-0.4, -0.2) is 25.0 Å². The second-order valence-corrected chi connectivity index (χ2v) is 6.19. The Bertz CT molecular complexity index is 598. The molecule has 5 heteroatoms. The predicted octanol–water partition coefficient (Wildman–Crippen LogP) is 2.80. The molecule has 1 N–H and O–H groups in total. The van der Waals surface area contributed by atoms with Crippen molar-refractivity contribution in [1.82, 2.24) is 5.32 Å². The van der Waals surface area contributed by atoms with Crippen molar-refractivity contribution in [2.45, 2.75) is 45.6 Å². The van der Waals surface area contributed by atoms with Crippen molar-refractivity contribution >= 4 is 11.9 Å². The number of fused-ring (bicyclic) bond motifs is 1. The van der Waals surface area contributed by atoms with E-state index in [4.69, 9.17) is 0 Å². The van der Waals surface area contributed by atoms with Gasteiger partial charge in [0.05, 0.1) is 12.7 Å². The van der Waals surface area contributed by atoms with Gasteiger partial charge in [0.1, 0.15) is 11.9 Å². The second kappa shape index (κ2) is 6.46. The van der Waals surface area contributed by atoms with E-state index in [0.717, 1.165) is 24.0 Å². The smallest absolute Gasteiger partial charge is 0.328 e. The Morgan fingerprint density at radius 1 is 1.36 bits per heavy atom. The summed E-state index contributed by atoms with van der Waals surface area (Å²) >= 11 is 0. The third-order valence-electron chi connectivity index (χ3n) is 4.26. The third kappa shape index (κ3) is 3.13. The van der Waals surface area contributed by atoms with E-state index >= 15 is 0 Å². The average molecular weight is 307 g/mol. The first kappa shape index (κ1) is 16.5. The molecule has 0 radical (unpaired) electrons. The van der Waals surface area contributed by atoms with Gasteiger partial charge in [-0.3, -0.25) is 4.79 Å². The zero-order chi connectivity index (χ0) is 16.4. The quantitative estimate of drug-likeness (QED) is 0.870. The fourth-order valence-corrected chi connectivity index (χ4v) is 2.85. The molecule has 0 bridgehead atoms. The number of esters is 1. The maximum absolute atomic E-state index is 14.2. The molecule has 2 rings (SSSR count). The molecular weight excluding hydrogens is 285 g/mol. The van der Waals surface area contributed by atoms with Crippen LogP contribution < -0.4 is 5.32 Å². The number of amides is 1. The lowest BCUT2D eigenvalue weighted by Gasteiger charge is -2.20. The van der Waals surface area contributed by atoms with Crippen LogP contribution in [0.25, 0.3) is 0 Å². The van der Waals surface area contributed by atoms with E-state index in [0.29, 0.717) is 5.92 Å². The van der Waals surface area contributed by atoms with Gasteiger partial charge in [-0.15, -0.1) is 0 Å². The molecule has 0 aliphatic heterocycles. The number of ether oxygens (including phenoxy) is 1. The number of rotatable bonds is 4. The lowest BCUT2D eigenvalue weighted by atomic mass is 9.99. The Hall–Kier alpha value is -1.91.